The number of aromatic nitrogens is 2. The summed E-state index contributed by atoms with van der Waals surface area (Å²) in [4.78, 5) is 19.7. The number of urea groups is 1. The van der Waals surface area contributed by atoms with Crippen LogP contribution in [0.1, 0.15) is 35.5 Å². The topological polar surface area (TPSA) is 71.3 Å². The summed E-state index contributed by atoms with van der Waals surface area (Å²) in [6.07, 6.45) is 0. The average molecular weight is 471 g/mol. The van der Waals surface area contributed by atoms with E-state index in [0.29, 0.717) is 22.4 Å². The molecule has 0 radical (unpaired) electrons. The maximum Gasteiger partial charge on any atom is 0.326 e. The molecule has 0 saturated heterocycles. The van der Waals surface area contributed by atoms with Crippen LogP contribution in [0.15, 0.2) is 83.0 Å². The van der Waals surface area contributed by atoms with E-state index in [4.69, 9.17) is 21.1 Å². The van der Waals surface area contributed by atoms with Crippen LogP contribution in [0.4, 0.5) is 10.5 Å². The Kier molecular flexibility index (Phi) is 5.67. The number of carbonyl (C=O) groups excluding carboxylic acids is 1. The second kappa shape index (κ2) is 8.80. The maximum absolute atomic E-state index is 13.3. The molecule has 170 valence electrons. The molecule has 0 saturated carbocycles. The molecule has 6 nitrogen and oxygen atoms in total. The number of nitrogens with one attached hydrogen (secondary N) is 1. The molecule has 5 rings (SSSR count). The van der Waals surface area contributed by atoms with E-state index in [2.05, 4.69) is 10.5 Å². The lowest BCUT2D eigenvalue weighted by atomic mass is 9.94. The SMILES string of the molecule is CC1=C(c2nc(-c3cccc(C)c3)no2)C(c2cccc(Cl)c2)NC(=O)N1c1cccc(C)c1. The molecule has 34 heavy (non-hydrogen) atoms. The molecule has 3 aromatic carbocycles. The number of hydrogen-bond donors (Lipinski definition) is 1. The predicted octanol–water partition coefficient (Wildman–Crippen LogP) is 6.71. The van der Waals surface area contributed by atoms with Gasteiger partial charge in [-0.15, -0.1) is 0 Å². The van der Waals surface area contributed by atoms with E-state index in [0.717, 1.165) is 33.5 Å². The van der Waals surface area contributed by atoms with Crippen molar-refractivity contribution < 1.29 is 9.32 Å². The van der Waals surface area contributed by atoms with Gasteiger partial charge in [-0.2, -0.15) is 4.98 Å². The lowest BCUT2D eigenvalue weighted by Gasteiger charge is -2.35. The van der Waals surface area contributed by atoms with Crippen molar-refractivity contribution in [1.82, 2.24) is 15.5 Å². The Morgan fingerprint density at radius 1 is 0.941 bits per heavy atom. The van der Waals surface area contributed by atoms with Gasteiger partial charge >= 0.3 is 6.03 Å². The van der Waals surface area contributed by atoms with Crippen molar-refractivity contribution in [1.29, 1.82) is 0 Å². The molecule has 1 atom stereocenters. The molecule has 0 fully saturated rings. The molecule has 2 amide bonds. The lowest BCUT2D eigenvalue weighted by molar-refractivity contribution is 0.244. The fourth-order valence-corrected chi connectivity index (χ4v) is 4.47. The zero-order valence-corrected chi connectivity index (χ0v) is 19.8. The van der Waals surface area contributed by atoms with Gasteiger partial charge in [0.15, 0.2) is 0 Å². The highest BCUT2D eigenvalue weighted by Gasteiger charge is 2.36. The van der Waals surface area contributed by atoms with E-state index < -0.39 is 6.04 Å². The second-order valence-electron chi connectivity index (χ2n) is 8.40. The van der Waals surface area contributed by atoms with Gasteiger partial charge in [-0.3, -0.25) is 4.90 Å². The Morgan fingerprint density at radius 2 is 1.68 bits per heavy atom. The highest BCUT2D eigenvalue weighted by molar-refractivity contribution is 6.30. The van der Waals surface area contributed by atoms with Gasteiger partial charge < -0.3 is 9.84 Å². The normalized spacial score (nSPS) is 16.1. The quantitative estimate of drug-likeness (QED) is 0.360. The number of benzene rings is 3. The highest BCUT2D eigenvalue weighted by Crippen LogP contribution is 2.39. The minimum Gasteiger partial charge on any atom is -0.334 e. The largest absolute Gasteiger partial charge is 0.334 e. The zero-order valence-electron chi connectivity index (χ0n) is 19.0. The Morgan fingerprint density at radius 3 is 2.41 bits per heavy atom. The standard InChI is InChI=1S/C27H23ClN4O2/c1-16-7-4-10-20(13-16)25-30-26(34-31-25)23-18(3)32(22-12-5-8-17(2)14-22)27(33)29-24(23)19-9-6-11-21(28)15-19/h4-15,24H,1-3H3,(H,29,33). The fourth-order valence-electron chi connectivity index (χ4n) is 4.27. The third kappa shape index (κ3) is 4.08. The second-order valence-corrected chi connectivity index (χ2v) is 8.84. The Labute approximate surface area is 202 Å². The minimum absolute atomic E-state index is 0.241. The molecule has 4 aromatic rings. The first-order chi connectivity index (χ1) is 16.4. The van der Waals surface area contributed by atoms with Crippen molar-refractivity contribution in [3.63, 3.8) is 0 Å². The van der Waals surface area contributed by atoms with E-state index >= 15 is 0 Å². The molecule has 0 spiro atoms. The summed E-state index contributed by atoms with van der Waals surface area (Å²) in [6, 6.07) is 22.4. The van der Waals surface area contributed by atoms with E-state index in [9.17, 15) is 4.79 Å². The van der Waals surface area contributed by atoms with Crippen molar-refractivity contribution in [2.75, 3.05) is 4.90 Å². The molecule has 1 aromatic heterocycles. The molecule has 2 heterocycles. The summed E-state index contributed by atoms with van der Waals surface area (Å²) in [7, 11) is 0. The van der Waals surface area contributed by atoms with Crippen LogP contribution in [0.5, 0.6) is 0 Å². The summed E-state index contributed by atoms with van der Waals surface area (Å²) in [5, 5.41) is 7.92. The average Bonchev–Trinajstić information content (AvgIpc) is 3.28. The Bertz CT molecular complexity index is 1430. The van der Waals surface area contributed by atoms with Crippen molar-refractivity contribution >= 4 is 28.9 Å². The molecule has 1 N–H and O–H groups in total. The van der Waals surface area contributed by atoms with Gasteiger partial charge in [0.1, 0.15) is 0 Å². The molecule has 7 heteroatoms. The number of hydrogen-bond acceptors (Lipinski definition) is 4. The van der Waals surface area contributed by atoms with E-state index in [1.807, 2.05) is 87.5 Å². The van der Waals surface area contributed by atoms with Crippen LogP contribution >= 0.6 is 11.6 Å². The Balaban J connectivity index is 1.67. The summed E-state index contributed by atoms with van der Waals surface area (Å²) >= 11 is 6.28. The summed E-state index contributed by atoms with van der Waals surface area (Å²) in [6.45, 7) is 5.90. The molecule has 1 unspecified atom stereocenters. The third-order valence-electron chi connectivity index (χ3n) is 5.86. The molecular formula is C27H23ClN4O2. The number of nitrogens with zero attached hydrogens (tertiary/aromatic N) is 3. The molecule has 1 aliphatic heterocycles. The molecular weight excluding hydrogens is 448 g/mol. The van der Waals surface area contributed by atoms with Crippen LogP contribution in [0.25, 0.3) is 17.0 Å². The minimum atomic E-state index is -0.502. The number of carbonyl (C=O) groups is 1. The van der Waals surface area contributed by atoms with Crippen molar-refractivity contribution in [2.45, 2.75) is 26.8 Å². The summed E-state index contributed by atoms with van der Waals surface area (Å²) in [5.41, 5.74) is 6.03. The monoisotopic (exact) mass is 470 g/mol. The van der Waals surface area contributed by atoms with Crippen molar-refractivity contribution in [2.24, 2.45) is 0 Å². The molecule has 1 aliphatic rings. The van der Waals surface area contributed by atoms with Crippen LogP contribution in [-0.4, -0.2) is 16.2 Å². The van der Waals surface area contributed by atoms with Crippen LogP contribution in [-0.2, 0) is 0 Å². The fraction of sp³-hybridized carbons (Fsp3) is 0.148. The number of aryl methyl sites for hydroxylation is 2. The zero-order chi connectivity index (χ0) is 23.8. The van der Waals surface area contributed by atoms with E-state index in [1.165, 1.54) is 0 Å². The van der Waals surface area contributed by atoms with Gasteiger partial charge in [-0.25, -0.2) is 4.79 Å². The van der Waals surface area contributed by atoms with Crippen LogP contribution in [0.3, 0.4) is 0 Å². The van der Waals surface area contributed by atoms with Crippen LogP contribution < -0.4 is 10.2 Å². The molecule has 0 bridgehead atoms. The number of rotatable bonds is 4. The number of anilines is 1. The van der Waals surface area contributed by atoms with Gasteiger partial charge in [0, 0.05) is 16.3 Å². The number of halogens is 1. The summed E-state index contributed by atoms with van der Waals surface area (Å²) < 4.78 is 5.76. The first-order valence-corrected chi connectivity index (χ1v) is 11.3. The van der Waals surface area contributed by atoms with Crippen molar-refractivity contribution in [3.05, 3.63) is 106 Å². The number of allylic oxidation sites excluding steroid dienone is 1. The first-order valence-electron chi connectivity index (χ1n) is 11.0. The van der Waals surface area contributed by atoms with Gasteiger partial charge in [-0.05, 0) is 62.2 Å². The highest BCUT2D eigenvalue weighted by atomic mass is 35.5. The van der Waals surface area contributed by atoms with Gasteiger partial charge in [0.25, 0.3) is 5.89 Å². The first kappa shape index (κ1) is 21.9. The van der Waals surface area contributed by atoms with Gasteiger partial charge in [0.05, 0.1) is 17.3 Å². The predicted molar refractivity (Wildman–Crippen MR) is 133 cm³/mol. The summed E-state index contributed by atoms with van der Waals surface area (Å²) in [5.74, 6) is 0.833. The number of amides is 2. The smallest absolute Gasteiger partial charge is 0.326 e. The third-order valence-corrected chi connectivity index (χ3v) is 6.09. The van der Waals surface area contributed by atoms with Crippen LogP contribution in [0.2, 0.25) is 5.02 Å². The van der Waals surface area contributed by atoms with E-state index in [1.54, 1.807) is 11.0 Å². The van der Waals surface area contributed by atoms with Crippen LogP contribution in [0, 0.1) is 13.8 Å². The van der Waals surface area contributed by atoms with Gasteiger partial charge in [0.2, 0.25) is 5.82 Å². The Hall–Kier alpha value is -3.90. The van der Waals surface area contributed by atoms with Crippen molar-refractivity contribution in [3.8, 4) is 11.4 Å². The molecule has 0 aliphatic carbocycles. The van der Waals surface area contributed by atoms with Gasteiger partial charge in [-0.1, -0.05) is 64.8 Å². The van der Waals surface area contributed by atoms with E-state index in [-0.39, 0.29) is 6.03 Å². The lowest BCUT2D eigenvalue weighted by Crippen LogP contribution is -2.46. The maximum atomic E-state index is 13.3.